The summed E-state index contributed by atoms with van der Waals surface area (Å²) in [5, 5.41) is 1.19. The molecular weight excluding hydrogens is 264 g/mol. The molecule has 4 heteroatoms. The second-order valence-corrected chi connectivity index (χ2v) is 5.82. The summed E-state index contributed by atoms with van der Waals surface area (Å²) in [6.07, 6.45) is 0.343. The molecule has 0 radical (unpaired) electrons. The van der Waals surface area contributed by atoms with Crippen LogP contribution in [0.1, 0.15) is 29.3 Å². The van der Waals surface area contributed by atoms with Crippen LogP contribution in [-0.2, 0) is 36.1 Å². The number of benzene rings is 1. The van der Waals surface area contributed by atoms with Crippen LogP contribution in [0, 0.1) is 6.92 Å². The van der Waals surface area contributed by atoms with Gasteiger partial charge in [0.15, 0.2) is 0 Å². The molecule has 0 amide bonds. The molecule has 0 unspecified atom stereocenters. The number of fused-ring (bicyclic) bond motifs is 2. The van der Waals surface area contributed by atoms with E-state index in [1.165, 1.54) is 29.1 Å². The van der Waals surface area contributed by atoms with E-state index in [1.807, 2.05) is 0 Å². The van der Waals surface area contributed by atoms with Crippen LogP contribution in [0.15, 0.2) is 12.1 Å². The molecule has 0 N–H and O–H groups in total. The SMILES string of the molecule is CCN1Cc2cc3c(CC(=O)OC)c(C)n(C)c3cc2C1. The first-order valence-corrected chi connectivity index (χ1v) is 7.44. The van der Waals surface area contributed by atoms with E-state index in [-0.39, 0.29) is 5.97 Å². The van der Waals surface area contributed by atoms with E-state index in [9.17, 15) is 4.79 Å². The van der Waals surface area contributed by atoms with Gasteiger partial charge >= 0.3 is 5.97 Å². The van der Waals surface area contributed by atoms with Crippen LogP contribution in [0.4, 0.5) is 0 Å². The second-order valence-electron chi connectivity index (χ2n) is 5.82. The van der Waals surface area contributed by atoms with Crippen molar-refractivity contribution in [3.63, 3.8) is 0 Å². The molecule has 1 aromatic carbocycles. The number of aryl methyl sites for hydroxylation is 1. The van der Waals surface area contributed by atoms with E-state index < -0.39 is 0 Å². The van der Waals surface area contributed by atoms with Gasteiger partial charge in [-0.3, -0.25) is 9.69 Å². The van der Waals surface area contributed by atoms with Crippen molar-refractivity contribution in [1.29, 1.82) is 0 Å². The van der Waals surface area contributed by atoms with Gasteiger partial charge in [-0.05, 0) is 42.3 Å². The average molecular weight is 286 g/mol. The molecule has 0 fully saturated rings. The third-order valence-electron chi connectivity index (χ3n) is 4.73. The number of rotatable bonds is 3. The average Bonchev–Trinajstić information content (AvgIpc) is 2.99. The predicted molar refractivity (Wildman–Crippen MR) is 83.2 cm³/mol. The normalized spacial score (nSPS) is 14.7. The Bertz CT molecular complexity index is 715. The van der Waals surface area contributed by atoms with Crippen LogP contribution < -0.4 is 0 Å². The molecule has 0 spiro atoms. The number of carbonyl (C=O) groups is 1. The van der Waals surface area contributed by atoms with Crippen molar-refractivity contribution >= 4 is 16.9 Å². The molecule has 3 rings (SSSR count). The number of aromatic nitrogens is 1. The summed E-state index contributed by atoms with van der Waals surface area (Å²) < 4.78 is 7.02. The van der Waals surface area contributed by atoms with Crippen molar-refractivity contribution in [2.75, 3.05) is 13.7 Å². The van der Waals surface area contributed by atoms with Gasteiger partial charge < -0.3 is 9.30 Å². The summed E-state index contributed by atoms with van der Waals surface area (Å²) in [6.45, 7) is 7.37. The monoisotopic (exact) mass is 286 g/mol. The lowest BCUT2D eigenvalue weighted by Gasteiger charge is -2.09. The number of nitrogens with zero attached hydrogens (tertiary/aromatic N) is 2. The lowest BCUT2D eigenvalue weighted by molar-refractivity contribution is -0.139. The Morgan fingerprint density at radius 1 is 1.29 bits per heavy atom. The minimum Gasteiger partial charge on any atom is -0.469 e. The molecule has 2 heterocycles. The van der Waals surface area contributed by atoms with Gasteiger partial charge in [-0.25, -0.2) is 0 Å². The molecule has 21 heavy (non-hydrogen) atoms. The maximum absolute atomic E-state index is 11.7. The predicted octanol–water partition coefficient (Wildman–Crippen LogP) is 2.54. The zero-order chi connectivity index (χ0) is 15.1. The summed E-state index contributed by atoms with van der Waals surface area (Å²) in [5.41, 5.74) is 6.25. The Balaban J connectivity index is 2.13. The maximum atomic E-state index is 11.7. The van der Waals surface area contributed by atoms with E-state index in [4.69, 9.17) is 4.74 Å². The number of carbonyl (C=O) groups excluding carboxylic acids is 1. The maximum Gasteiger partial charge on any atom is 0.310 e. The Kier molecular flexibility index (Phi) is 3.49. The molecule has 2 aromatic rings. The molecule has 1 aromatic heterocycles. The highest BCUT2D eigenvalue weighted by molar-refractivity contribution is 5.90. The fraction of sp³-hybridized carbons (Fsp3) is 0.471. The van der Waals surface area contributed by atoms with Crippen molar-refractivity contribution in [2.45, 2.75) is 33.4 Å². The molecular formula is C17H22N2O2. The van der Waals surface area contributed by atoms with Crippen LogP contribution in [-0.4, -0.2) is 29.1 Å². The molecule has 0 atom stereocenters. The number of hydrogen-bond acceptors (Lipinski definition) is 3. The van der Waals surface area contributed by atoms with Crippen molar-refractivity contribution in [2.24, 2.45) is 7.05 Å². The molecule has 0 aliphatic carbocycles. The lowest BCUT2D eigenvalue weighted by Crippen LogP contribution is -2.14. The Morgan fingerprint density at radius 2 is 1.95 bits per heavy atom. The molecule has 0 saturated heterocycles. The van der Waals surface area contributed by atoms with Gasteiger partial charge in [0.25, 0.3) is 0 Å². The number of ether oxygens (including phenoxy) is 1. The topological polar surface area (TPSA) is 34.5 Å². The van der Waals surface area contributed by atoms with Crippen LogP contribution in [0.5, 0.6) is 0 Å². The summed E-state index contributed by atoms with van der Waals surface area (Å²) in [6, 6.07) is 4.56. The lowest BCUT2D eigenvalue weighted by atomic mass is 10.0. The van der Waals surface area contributed by atoms with Gasteiger partial charge in [0.2, 0.25) is 0 Å². The highest BCUT2D eigenvalue weighted by Crippen LogP contribution is 2.32. The van der Waals surface area contributed by atoms with Crippen molar-refractivity contribution < 1.29 is 9.53 Å². The largest absolute Gasteiger partial charge is 0.469 e. The third kappa shape index (κ3) is 2.23. The minimum atomic E-state index is -0.179. The first-order valence-electron chi connectivity index (χ1n) is 7.44. The summed E-state index contributed by atoms with van der Waals surface area (Å²) >= 11 is 0. The fourth-order valence-corrected chi connectivity index (χ4v) is 3.27. The number of methoxy groups -OCH3 is 1. The van der Waals surface area contributed by atoms with Crippen LogP contribution in [0.25, 0.3) is 10.9 Å². The smallest absolute Gasteiger partial charge is 0.310 e. The molecule has 0 bridgehead atoms. The molecule has 0 saturated carbocycles. The molecule has 1 aliphatic rings. The molecule has 112 valence electrons. The van der Waals surface area contributed by atoms with Gasteiger partial charge in [-0.1, -0.05) is 6.92 Å². The van der Waals surface area contributed by atoms with Gasteiger partial charge in [0.05, 0.1) is 13.5 Å². The standard InChI is InChI=1S/C17H22N2O2/c1-5-19-9-12-6-15-14(8-17(20)21-4)11(2)18(3)16(15)7-13(12)10-19/h6-7H,5,8-10H2,1-4H3. The highest BCUT2D eigenvalue weighted by Gasteiger charge is 2.22. The zero-order valence-electron chi connectivity index (χ0n) is 13.2. The first kappa shape index (κ1) is 14.1. The summed E-state index contributed by atoms with van der Waals surface area (Å²) in [7, 11) is 3.51. The fourth-order valence-electron chi connectivity index (χ4n) is 3.27. The van der Waals surface area contributed by atoms with E-state index in [1.54, 1.807) is 0 Å². The quantitative estimate of drug-likeness (QED) is 0.813. The van der Waals surface area contributed by atoms with Crippen LogP contribution in [0.2, 0.25) is 0 Å². The molecule has 1 aliphatic heterocycles. The van der Waals surface area contributed by atoms with Crippen molar-refractivity contribution in [3.05, 3.63) is 34.5 Å². The number of hydrogen-bond donors (Lipinski definition) is 0. The Hall–Kier alpha value is -1.81. The van der Waals surface area contributed by atoms with E-state index in [0.717, 1.165) is 30.9 Å². The molecule has 4 nitrogen and oxygen atoms in total. The third-order valence-corrected chi connectivity index (χ3v) is 4.73. The van der Waals surface area contributed by atoms with Gasteiger partial charge in [-0.2, -0.15) is 0 Å². The zero-order valence-corrected chi connectivity index (χ0v) is 13.2. The van der Waals surface area contributed by atoms with Gasteiger partial charge in [0, 0.05) is 36.7 Å². The van der Waals surface area contributed by atoms with Crippen molar-refractivity contribution in [1.82, 2.24) is 9.47 Å². The first-order chi connectivity index (χ1) is 10.0. The van der Waals surface area contributed by atoms with E-state index >= 15 is 0 Å². The van der Waals surface area contributed by atoms with Gasteiger partial charge in [-0.15, -0.1) is 0 Å². The second kappa shape index (κ2) is 5.19. The minimum absolute atomic E-state index is 0.179. The van der Waals surface area contributed by atoms with Gasteiger partial charge in [0.1, 0.15) is 0 Å². The van der Waals surface area contributed by atoms with Crippen molar-refractivity contribution in [3.8, 4) is 0 Å². The summed E-state index contributed by atoms with van der Waals surface area (Å²) in [5.74, 6) is -0.179. The Labute approximate surface area is 125 Å². The summed E-state index contributed by atoms with van der Waals surface area (Å²) in [4.78, 5) is 14.1. The van der Waals surface area contributed by atoms with Crippen LogP contribution >= 0.6 is 0 Å². The van der Waals surface area contributed by atoms with E-state index in [0.29, 0.717) is 6.42 Å². The highest BCUT2D eigenvalue weighted by atomic mass is 16.5. The van der Waals surface area contributed by atoms with E-state index in [2.05, 4.69) is 42.5 Å². The number of esters is 1. The Morgan fingerprint density at radius 3 is 2.57 bits per heavy atom. The van der Waals surface area contributed by atoms with Crippen LogP contribution in [0.3, 0.4) is 0 Å².